The number of hydrogen-bond donors (Lipinski definition) is 2. The van der Waals surface area contributed by atoms with Crippen LogP contribution >= 0.6 is 11.6 Å². The second-order valence-corrected chi connectivity index (χ2v) is 5.87. The Labute approximate surface area is 143 Å². The third-order valence-corrected chi connectivity index (χ3v) is 3.84. The number of amidine groups is 1. The molecule has 1 aromatic heterocycles. The smallest absolute Gasteiger partial charge is 0.433 e. The number of carbonyl (C=O) groups is 1. The van der Waals surface area contributed by atoms with Crippen LogP contribution in [0.5, 0.6) is 5.75 Å². The molecule has 24 heavy (non-hydrogen) atoms. The summed E-state index contributed by atoms with van der Waals surface area (Å²) in [5, 5.41) is 9.14. The van der Waals surface area contributed by atoms with Crippen molar-refractivity contribution in [1.82, 2.24) is 9.97 Å². The van der Waals surface area contributed by atoms with Gasteiger partial charge in [0.2, 0.25) is 0 Å². The molecule has 0 spiro atoms. The number of hydrogen-bond acceptors (Lipinski definition) is 4. The molecule has 0 aliphatic heterocycles. The van der Waals surface area contributed by atoms with E-state index < -0.39 is 6.09 Å². The first-order valence-electron chi connectivity index (χ1n) is 7.35. The lowest BCUT2D eigenvalue weighted by molar-refractivity contribution is 0.205. The maximum Gasteiger partial charge on any atom is 0.433 e. The lowest BCUT2D eigenvalue weighted by Gasteiger charge is -2.09. The van der Waals surface area contributed by atoms with Crippen molar-refractivity contribution in [2.24, 2.45) is 16.6 Å². The number of aliphatic imine (C=N–C) groups is 1. The molecule has 1 fully saturated rings. The van der Waals surface area contributed by atoms with Crippen molar-refractivity contribution >= 4 is 23.5 Å². The van der Waals surface area contributed by atoms with E-state index in [-0.39, 0.29) is 11.5 Å². The zero-order valence-electron chi connectivity index (χ0n) is 12.6. The second kappa shape index (κ2) is 6.84. The highest BCUT2D eigenvalue weighted by molar-refractivity contribution is 6.32. The summed E-state index contributed by atoms with van der Waals surface area (Å²) in [6, 6.07) is 6.90. The minimum atomic E-state index is -1.38. The molecule has 1 heterocycles. The molecule has 0 unspecified atom stereocenters. The quantitative estimate of drug-likeness (QED) is 0.636. The number of nitrogens with zero attached hydrogens (tertiary/aromatic N) is 3. The molecule has 0 saturated heterocycles. The van der Waals surface area contributed by atoms with Gasteiger partial charge in [0, 0.05) is 5.56 Å². The maximum absolute atomic E-state index is 10.6. The van der Waals surface area contributed by atoms with Crippen LogP contribution in [0.15, 0.2) is 35.6 Å². The van der Waals surface area contributed by atoms with Crippen LogP contribution in [0.4, 0.5) is 4.79 Å². The van der Waals surface area contributed by atoms with Gasteiger partial charge in [0.1, 0.15) is 17.8 Å². The summed E-state index contributed by atoms with van der Waals surface area (Å²) in [6.45, 7) is 0.679. The van der Waals surface area contributed by atoms with Gasteiger partial charge < -0.3 is 15.6 Å². The average molecular weight is 347 g/mol. The van der Waals surface area contributed by atoms with Crippen LogP contribution < -0.4 is 10.5 Å². The summed E-state index contributed by atoms with van der Waals surface area (Å²) in [4.78, 5) is 21.9. The third-order valence-electron chi connectivity index (χ3n) is 3.54. The van der Waals surface area contributed by atoms with Crippen LogP contribution in [-0.2, 0) is 0 Å². The Balaban J connectivity index is 1.83. The van der Waals surface area contributed by atoms with Gasteiger partial charge >= 0.3 is 6.09 Å². The van der Waals surface area contributed by atoms with Gasteiger partial charge in [-0.15, -0.1) is 0 Å². The zero-order chi connectivity index (χ0) is 17.1. The number of rotatable bonds is 5. The van der Waals surface area contributed by atoms with Crippen LogP contribution in [0.1, 0.15) is 18.5 Å². The molecule has 7 nitrogen and oxygen atoms in total. The van der Waals surface area contributed by atoms with E-state index in [4.69, 9.17) is 27.2 Å². The summed E-state index contributed by atoms with van der Waals surface area (Å²) >= 11 is 6.26. The number of carboxylic acid groups (broad SMARTS) is 1. The van der Waals surface area contributed by atoms with Crippen molar-refractivity contribution in [2.45, 2.75) is 12.8 Å². The summed E-state index contributed by atoms with van der Waals surface area (Å²) in [6.07, 6.45) is 2.32. The van der Waals surface area contributed by atoms with E-state index in [1.54, 1.807) is 18.2 Å². The Bertz CT molecular complexity index is 806. The van der Waals surface area contributed by atoms with Crippen molar-refractivity contribution < 1.29 is 14.6 Å². The molecular weight excluding hydrogens is 332 g/mol. The highest BCUT2D eigenvalue weighted by Crippen LogP contribution is 2.33. The van der Waals surface area contributed by atoms with Gasteiger partial charge in [-0.3, -0.25) is 0 Å². The molecule has 124 valence electrons. The SMILES string of the molecule is N/C(=N\C(=O)O)c1cc(-c2ccc(OCC3CC3)c(Cl)c2)ncn1. The van der Waals surface area contributed by atoms with E-state index in [1.807, 2.05) is 6.07 Å². The molecule has 1 amide bonds. The highest BCUT2D eigenvalue weighted by atomic mass is 35.5. The molecule has 3 rings (SSSR count). The second-order valence-electron chi connectivity index (χ2n) is 5.47. The molecule has 0 bridgehead atoms. The van der Waals surface area contributed by atoms with E-state index in [2.05, 4.69) is 15.0 Å². The van der Waals surface area contributed by atoms with Gasteiger partial charge in [0.15, 0.2) is 5.84 Å². The monoisotopic (exact) mass is 346 g/mol. The molecule has 1 saturated carbocycles. The van der Waals surface area contributed by atoms with Crippen LogP contribution in [0.3, 0.4) is 0 Å². The highest BCUT2D eigenvalue weighted by Gasteiger charge is 2.22. The Kier molecular flexibility index (Phi) is 4.61. The van der Waals surface area contributed by atoms with Crippen LogP contribution in [-0.4, -0.2) is 33.6 Å². The fourth-order valence-corrected chi connectivity index (χ4v) is 2.32. The van der Waals surface area contributed by atoms with Gasteiger partial charge in [-0.2, -0.15) is 4.99 Å². The number of nitrogens with two attached hydrogens (primary N) is 1. The Hall–Kier alpha value is -2.67. The Morgan fingerprint density at radius 1 is 1.38 bits per heavy atom. The largest absolute Gasteiger partial charge is 0.492 e. The van der Waals surface area contributed by atoms with Crippen LogP contribution in [0, 0.1) is 5.92 Å². The molecule has 0 atom stereocenters. The Morgan fingerprint density at radius 3 is 2.83 bits per heavy atom. The number of halogens is 1. The predicted octanol–water partition coefficient (Wildman–Crippen LogP) is 2.97. The molecule has 2 aromatic rings. The molecule has 0 radical (unpaired) electrons. The lowest BCUT2D eigenvalue weighted by atomic mass is 10.1. The normalized spacial score (nSPS) is 14.5. The first kappa shape index (κ1) is 16.2. The molecule has 1 aromatic carbocycles. The summed E-state index contributed by atoms with van der Waals surface area (Å²) in [5.74, 6) is 1.08. The zero-order valence-corrected chi connectivity index (χ0v) is 13.4. The average Bonchev–Trinajstić information content (AvgIpc) is 3.37. The van der Waals surface area contributed by atoms with Crippen molar-refractivity contribution in [1.29, 1.82) is 0 Å². The fourth-order valence-electron chi connectivity index (χ4n) is 2.08. The van der Waals surface area contributed by atoms with Crippen molar-refractivity contribution in [3.63, 3.8) is 0 Å². The first-order valence-corrected chi connectivity index (χ1v) is 7.73. The maximum atomic E-state index is 10.6. The summed E-state index contributed by atoms with van der Waals surface area (Å²) in [7, 11) is 0. The molecule has 1 aliphatic rings. The lowest BCUT2D eigenvalue weighted by Crippen LogP contribution is -2.17. The van der Waals surface area contributed by atoms with E-state index in [9.17, 15) is 4.79 Å². The van der Waals surface area contributed by atoms with Crippen LogP contribution in [0.2, 0.25) is 5.02 Å². The van der Waals surface area contributed by atoms with Crippen molar-refractivity contribution in [3.8, 4) is 17.0 Å². The summed E-state index contributed by atoms with van der Waals surface area (Å²) in [5.41, 5.74) is 7.13. The molecular formula is C16H15ClN4O3. The van der Waals surface area contributed by atoms with Crippen molar-refractivity contribution in [3.05, 3.63) is 41.3 Å². The van der Waals surface area contributed by atoms with Gasteiger partial charge in [0.05, 0.1) is 17.3 Å². The van der Waals surface area contributed by atoms with E-state index in [0.29, 0.717) is 29.0 Å². The number of benzene rings is 1. The van der Waals surface area contributed by atoms with Crippen molar-refractivity contribution in [2.75, 3.05) is 6.61 Å². The summed E-state index contributed by atoms with van der Waals surface area (Å²) < 4.78 is 5.69. The predicted molar refractivity (Wildman–Crippen MR) is 89.4 cm³/mol. The topological polar surface area (TPSA) is 111 Å². The fraction of sp³-hybridized carbons (Fsp3) is 0.250. The Morgan fingerprint density at radius 2 is 2.17 bits per heavy atom. The minimum Gasteiger partial charge on any atom is -0.492 e. The standard InChI is InChI=1S/C16H15ClN4O3/c17-11-5-10(3-4-14(11)24-7-9-1-2-9)12-6-13(20-8-19-12)15(18)21-16(22)23/h3-6,8-9H,1-2,7H2,(H2,18,21)(H,22,23). The number of ether oxygens (including phenoxy) is 1. The van der Waals surface area contributed by atoms with Crippen LogP contribution in [0.25, 0.3) is 11.3 Å². The number of aromatic nitrogens is 2. The van der Waals surface area contributed by atoms with E-state index in [1.165, 1.54) is 19.2 Å². The molecule has 8 heteroatoms. The van der Waals surface area contributed by atoms with Gasteiger partial charge in [-0.25, -0.2) is 14.8 Å². The molecule has 1 aliphatic carbocycles. The van der Waals surface area contributed by atoms with E-state index in [0.717, 1.165) is 5.56 Å². The minimum absolute atomic E-state index is 0.193. The van der Waals surface area contributed by atoms with Gasteiger partial charge in [-0.1, -0.05) is 11.6 Å². The third kappa shape index (κ3) is 3.99. The van der Waals surface area contributed by atoms with Gasteiger partial charge in [0.25, 0.3) is 0 Å². The number of amides is 1. The van der Waals surface area contributed by atoms with Gasteiger partial charge in [-0.05, 0) is 43.0 Å². The first-order chi connectivity index (χ1) is 11.5. The van der Waals surface area contributed by atoms with E-state index >= 15 is 0 Å². The molecule has 3 N–H and O–H groups in total.